The summed E-state index contributed by atoms with van der Waals surface area (Å²) in [6.45, 7) is 7.39. The second-order valence-electron chi connectivity index (χ2n) is 10.6. The molecule has 234 valence electrons. The van der Waals surface area contributed by atoms with Crippen LogP contribution >= 0.6 is 0 Å². The van der Waals surface area contributed by atoms with Gasteiger partial charge in [0.05, 0.1) is 27.3 Å². The third kappa shape index (κ3) is 4.77. The predicted molar refractivity (Wildman–Crippen MR) is 159 cm³/mol. The van der Waals surface area contributed by atoms with E-state index < -0.39 is 35.1 Å². The van der Waals surface area contributed by atoms with Gasteiger partial charge in [0, 0.05) is 32.7 Å². The molecular formula is C34H12F8N6. The molecule has 6 aromatic carbocycles. The van der Waals surface area contributed by atoms with Crippen molar-refractivity contribution >= 4 is 43.6 Å². The van der Waals surface area contributed by atoms with Crippen LogP contribution in [0.25, 0.3) is 70.8 Å². The molecule has 14 heteroatoms. The lowest BCUT2D eigenvalue weighted by Crippen LogP contribution is -2.05. The van der Waals surface area contributed by atoms with Crippen molar-refractivity contribution < 1.29 is 35.1 Å². The molecule has 0 fully saturated rings. The van der Waals surface area contributed by atoms with E-state index in [4.69, 9.17) is 16.5 Å². The molecule has 6 nitrogen and oxygen atoms in total. The van der Waals surface area contributed by atoms with E-state index in [1.54, 1.807) is 6.19 Å². The van der Waals surface area contributed by atoms with Gasteiger partial charge in [0.2, 0.25) is 6.19 Å². The number of rotatable bonds is 2. The van der Waals surface area contributed by atoms with E-state index in [0.717, 1.165) is 24.3 Å². The number of halogens is 8. The van der Waals surface area contributed by atoms with Gasteiger partial charge in [-0.3, -0.25) is 0 Å². The van der Waals surface area contributed by atoms with Crippen LogP contribution in [0.2, 0.25) is 0 Å². The number of nitriles is 1. The Labute approximate surface area is 262 Å². The van der Waals surface area contributed by atoms with E-state index in [1.807, 2.05) is 0 Å². The first-order chi connectivity index (χ1) is 22.8. The first-order valence-corrected chi connectivity index (χ1v) is 13.7. The molecule has 0 amide bonds. The lowest BCUT2D eigenvalue weighted by molar-refractivity contribution is -0.138. The second-order valence-corrected chi connectivity index (χ2v) is 10.6. The number of fused-ring (bicyclic) bond motifs is 6. The van der Waals surface area contributed by atoms with Gasteiger partial charge >= 0.3 is 12.4 Å². The van der Waals surface area contributed by atoms with Gasteiger partial charge in [-0.05, 0) is 47.5 Å². The van der Waals surface area contributed by atoms with Crippen LogP contribution in [0.3, 0.4) is 0 Å². The Morgan fingerprint density at radius 1 is 0.604 bits per heavy atom. The van der Waals surface area contributed by atoms with E-state index in [9.17, 15) is 40.4 Å². The highest BCUT2D eigenvalue weighted by atomic mass is 19.4. The molecular weight excluding hydrogens is 644 g/mol. The molecule has 0 N–H and O–H groups in total. The Morgan fingerprint density at radius 2 is 1.06 bits per heavy atom. The summed E-state index contributed by atoms with van der Waals surface area (Å²) < 4.78 is 108. The van der Waals surface area contributed by atoms with Crippen molar-refractivity contribution in [3.05, 3.63) is 118 Å². The molecule has 7 aromatic rings. The normalized spacial score (nSPS) is 13.2. The van der Waals surface area contributed by atoms with Gasteiger partial charge in [-0.1, -0.05) is 36.4 Å². The molecule has 1 aromatic heterocycles. The van der Waals surface area contributed by atoms with Crippen LogP contribution in [0, 0.1) is 29.7 Å². The summed E-state index contributed by atoms with van der Waals surface area (Å²) >= 11 is 0. The highest BCUT2D eigenvalue weighted by Crippen LogP contribution is 2.37. The molecule has 0 atom stereocenters. The van der Waals surface area contributed by atoms with Gasteiger partial charge in [-0.15, -0.1) is 4.95 Å². The third-order valence-corrected chi connectivity index (χ3v) is 7.93. The summed E-state index contributed by atoms with van der Waals surface area (Å²) in [7, 11) is 0. The van der Waals surface area contributed by atoms with E-state index in [2.05, 4.69) is 15.0 Å². The molecule has 7 rings (SSSR count). The van der Waals surface area contributed by atoms with Crippen LogP contribution in [-0.4, -0.2) is 9.97 Å². The van der Waals surface area contributed by atoms with Gasteiger partial charge < -0.3 is 0 Å². The molecule has 0 saturated heterocycles. The minimum atomic E-state index is -4.74. The zero-order valence-corrected chi connectivity index (χ0v) is 23.6. The number of nitrogens with zero attached hydrogens (tertiary/aromatic N) is 6. The number of aromatic nitrogens is 2. The molecule has 0 aliphatic heterocycles. The summed E-state index contributed by atoms with van der Waals surface area (Å²) in [5, 5.41) is 15.0. The van der Waals surface area contributed by atoms with Crippen molar-refractivity contribution in [1.29, 1.82) is 5.26 Å². The molecule has 0 spiro atoms. The summed E-state index contributed by atoms with van der Waals surface area (Å²) in [6, 6.07) is 13.2. The highest BCUT2D eigenvalue weighted by molar-refractivity contribution is 6.15. The summed E-state index contributed by atoms with van der Waals surface area (Å²) in [4.78, 5) is 16.5. The van der Waals surface area contributed by atoms with E-state index >= 15 is 0 Å². The van der Waals surface area contributed by atoms with Crippen LogP contribution in [0.15, 0.2) is 82.9 Å². The lowest BCUT2D eigenvalue weighted by Gasteiger charge is -2.09. The molecule has 0 unspecified atom stereocenters. The molecule has 0 aliphatic carbocycles. The zero-order chi connectivity index (χ0) is 34.1. The highest BCUT2D eigenvalue weighted by Gasteiger charge is 2.32. The van der Waals surface area contributed by atoms with Crippen LogP contribution in [0.1, 0.15) is 11.1 Å². The van der Waals surface area contributed by atoms with E-state index in [1.165, 1.54) is 36.4 Å². The largest absolute Gasteiger partial charge is 0.416 e. The zero-order valence-electron chi connectivity index (χ0n) is 23.6. The first-order valence-electron chi connectivity index (χ1n) is 13.7. The Bertz CT molecular complexity index is 2520. The maximum atomic E-state index is 14.9. The number of hydrogen-bond donors (Lipinski definition) is 0. The quantitative estimate of drug-likeness (QED) is 0.0808. The fourth-order valence-corrected chi connectivity index (χ4v) is 5.79. The average molecular weight is 656 g/mol. The maximum Gasteiger partial charge on any atom is 0.416 e. The van der Waals surface area contributed by atoms with Crippen LogP contribution in [0.5, 0.6) is 0 Å². The Kier molecular flexibility index (Phi) is 6.73. The van der Waals surface area contributed by atoms with Crippen LogP contribution in [0.4, 0.5) is 35.1 Å². The van der Waals surface area contributed by atoms with Crippen molar-refractivity contribution in [2.75, 3.05) is 0 Å². The van der Waals surface area contributed by atoms with Crippen molar-refractivity contribution in [2.24, 2.45) is 10.1 Å². The molecule has 0 radical (unpaired) electrons. The number of hydrogen-bond acceptors (Lipinski definition) is 5. The Balaban J connectivity index is 1.46. The average Bonchev–Trinajstić information content (AvgIpc) is 3.50. The maximum absolute atomic E-state index is 14.9. The second kappa shape index (κ2) is 10.6. The SMILES string of the molecule is [C-]#[N+]/N=c1\c2cc(-c3ccc(C(F)(F)F)cc3F)ccc2c2nc3/c(=N/C#N)c4cc(-c5ccc(C(F)(F)F)cc5F)ccc4c3nc12. The van der Waals surface area contributed by atoms with Crippen molar-refractivity contribution in [3.8, 4) is 28.4 Å². The topological polar surface area (TPSA) is 78.6 Å². The van der Waals surface area contributed by atoms with Gasteiger partial charge in [0.1, 0.15) is 28.0 Å². The third-order valence-electron chi connectivity index (χ3n) is 7.93. The van der Waals surface area contributed by atoms with Gasteiger partial charge in [-0.2, -0.15) is 43.2 Å². The monoisotopic (exact) mass is 656 g/mol. The van der Waals surface area contributed by atoms with Crippen molar-refractivity contribution in [1.82, 2.24) is 9.97 Å². The van der Waals surface area contributed by atoms with Crippen LogP contribution < -0.4 is 10.7 Å². The summed E-state index contributed by atoms with van der Waals surface area (Å²) in [5.41, 5.74) is -1.35. The molecule has 0 bridgehead atoms. The molecule has 0 saturated carbocycles. The summed E-state index contributed by atoms with van der Waals surface area (Å²) in [6.07, 6.45) is -7.78. The van der Waals surface area contributed by atoms with E-state index in [0.29, 0.717) is 33.7 Å². The molecule has 48 heavy (non-hydrogen) atoms. The van der Waals surface area contributed by atoms with Crippen molar-refractivity contribution in [2.45, 2.75) is 12.4 Å². The fourth-order valence-electron chi connectivity index (χ4n) is 5.79. The molecule has 1 heterocycles. The fraction of sp³-hybridized carbons (Fsp3) is 0.0588. The lowest BCUT2D eigenvalue weighted by atomic mass is 10.0. The standard InChI is InChI=1S/C34H12F8N6/c1-44-48-30-24-11-16(20-9-5-18(13-26(20)36)34(40,41)42)3-7-22(24)29-32(30)47-28-21-6-2-15(10-23(21)27(45-14-43)31(28)46-29)19-8-4-17(12-25(19)35)33(37,38)39/h2-13H/b45-27+,48-30+. The van der Waals surface area contributed by atoms with Gasteiger partial charge in [-0.25, -0.2) is 18.7 Å². The minimum absolute atomic E-state index is 0.0625. The predicted octanol–water partition coefficient (Wildman–Crippen LogP) is 8.73. The smallest absolute Gasteiger partial charge is 0.241 e. The number of alkyl halides is 6. The number of benzene rings is 4. The van der Waals surface area contributed by atoms with Gasteiger partial charge in [0.15, 0.2) is 5.36 Å². The minimum Gasteiger partial charge on any atom is -0.241 e. The molecule has 0 aliphatic rings. The van der Waals surface area contributed by atoms with Crippen molar-refractivity contribution in [3.63, 3.8) is 0 Å². The Morgan fingerprint density at radius 3 is 1.48 bits per heavy atom. The first kappa shape index (κ1) is 30.4. The van der Waals surface area contributed by atoms with E-state index in [-0.39, 0.29) is 55.0 Å². The Hall–Kier alpha value is -6.28. The van der Waals surface area contributed by atoms with Crippen LogP contribution in [-0.2, 0) is 12.4 Å². The summed E-state index contributed by atoms with van der Waals surface area (Å²) in [5.74, 6) is -2.22. The van der Waals surface area contributed by atoms with Gasteiger partial charge in [0.25, 0.3) is 0 Å².